The molecule has 3 aliphatic rings. The first-order valence-electron chi connectivity index (χ1n) is 16.8. The topological polar surface area (TPSA) is 124 Å². The highest BCUT2D eigenvalue weighted by Crippen LogP contribution is 2.59. The number of carbonyl (C=O) groups excluding carboxylic acids is 1. The third-order valence-corrected chi connectivity index (χ3v) is 10.4. The lowest BCUT2D eigenvalue weighted by molar-refractivity contribution is -0.274. The van der Waals surface area contributed by atoms with Crippen LogP contribution in [0.25, 0.3) is 0 Å². The van der Waals surface area contributed by atoms with E-state index in [1.54, 1.807) is 12.1 Å². The molecule has 8 nitrogen and oxygen atoms in total. The van der Waals surface area contributed by atoms with Crippen LogP contribution >= 0.6 is 0 Å². The zero-order valence-corrected chi connectivity index (χ0v) is 28.0. The minimum absolute atomic E-state index is 0.0125. The zero-order valence-electron chi connectivity index (χ0n) is 28.0. The van der Waals surface area contributed by atoms with E-state index in [0.29, 0.717) is 56.1 Å². The van der Waals surface area contributed by atoms with E-state index >= 15 is 0 Å². The molecule has 3 aliphatic carbocycles. The van der Waals surface area contributed by atoms with E-state index in [0.717, 1.165) is 16.7 Å². The average molecular weight is 686 g/mol. The molecule has 5 unspecified atom stereocenters. The van der Waals surface area contributed by atoms with Crippen LogP contribution in [-0.2, 0) is 13.0 Å². The van der Waals surface area contributed by atoms with Crippen molar-refractivity contribution < 1.29 is 47.5 Å². The van der Waals surface area contributed by atoms with Crippen molar-refractivity contribution >= 4 is 5.78 Å². The van der Waals surface area contributed by atoms with Crippen LogP contribution < -0.4 is 4.74 Å². The lowest BCUT2D eigenvalue weighted by atomic mass is 9.64. The van der Waals surface area contributed by atoms with Crippen LogP contribution in [0.3, 0.4) is 0 Å². The monoisotopic (exact) mass is 685 g/mol. The summed E-state index contributed by atoms with van der Waals surface area (Å²) in [6, 6.07) is 14.4. The number of benzene rings is 2. The number of carbonyl (C=O) groups is 1. The SMILES string of the molecule is CC1=CCCC2(C)C(CCC2(O)CN(Cc2ccc(OC(F)(F)F)cc2)CC(O)CO)c2ccc(cc2C(=O)c2ccco2)CC(O)CC1. The first-order chi connectivity index (χ1) is 23.2. The van der Waals surface area contributed by atoms with E-state index in [9.17, 15) is 38.4 Å². The zero-order chi connectivity index (χ0) is 35.4. The largest absolute Gasteiger partial charge is 0.573 e. The molecule has 2 bridgehead atoms. The van der Waals surface area contributed by atoms with Crippen molar-refractivity contribution in [2.24, 2.45) is 5.41 Å². The molecule has 0 aliphatic heterocycles. The van der Waals surface area contributed by atoms with Gasteiger partial charge in [0.05, 0.1) is 30.7 Å². The summed E-state index contributed by atoms with van der Waals surface area (Å²) in [5.41, 5.74) is 1.79. The Bertz CT molecular complexity index is 1590. The fourth-order valence-electron chi connectivity index (χ4n) is 7.70. The van der Waals surface area contributed by atoms with Crippen molar-refractivity contribution in [3.63, 3.8) is 0 Å². The second-order valence-corrected chi connectivity index (χ2v) is 14.0. The van der Waals surface area contributed by atoms with Crippen LogP contribution in [0.1, 0.15) is 91.1 Å². The quantitative estimate of drug-likeness (QED) is 0.145. The Morgan fingerprint density at radius 2 is 1.88 bits per heavy atom. The van der Waals surface area contributed by atoms with Gasteiger partial charge < -0.3 is 29.6 Å². The molecule has 0 spiro atoms. The second-order valence-electron chi connectivity index (χ2n) is 14.0. The van der Waals surface area contributed by atoms with Gasteiger partial charge in [-0.05, 0) is 105 Å². The predicted molar refractivity (Wildman–Crippen MR) is 177 cm³/mol. The van der Waals surface area contributed by atoms with E-state index in [-0.39, 0.29) is 42.8 Å². The Morgan fingerprint density at radius 1 is 1.12 bits per heavy atom. The lowest BCUT2D eigenvalue weighted by Crippen LogP contribution is -2.53. The molecule has 0 saturated heterocycles. The second kappa shape index (κ2) is 15.2. The van der Waals surface area contributed by atoms with Crippen LogP contribution in [-0.4, -0.2) is 75.0 Å². The van der Waals surface area contributed by atoms with Gasteiger partial charge in [-0.25, -0.2) is 0 Å². The van der Waals surface area contributed by atoms with Crippen LogP contribution in [0.2, 0.25) is 0 Å². The maximum atomic E-state index is 13.9. The minimum Gasteiger partial charge on any atom is -0.461 e. The number of fused-ring (bicyclic) bond motifs is 8. The number of nitrogens with zero attached hydrogens (tertiary/aromatic N) is 1. The van der Waals surface area contributed by atoms with Gasteiger partial charge in [0.2, 0.25) is 5.78 Å². The molecule has 0 radical (unpaired) electrons. The van der Waals surface area contributed by atoms with Gasteiger partial charge in [-0.3, -0.25) is 9.69 Å². The van der Waals surface area contributed by atoms with Crippen molar-refractivity contribution in [2.45, 2.75) is 95.4 Å². The third-order valence-electron chi connectivity index (χ3n) is 10.4. The maximum Gasteiger partial charge on any atom is 0.573 e. The highest BCUT2D eigenvalue weighted by Gasteiger charge is 2.57. The highest BCUT2D eigenvalue weighted by molar-refractivity contribution is 6.08. The van der Waals surface area contributed by atoms with E-state index in [2.05, 4.69) is 10.8 Å². The van der Waals surface area contributed by atoms with Gasteiger partial charge in [0.25, 0.3) is 0 Å². The van der Waals surface area contributed by atoms with Gasteiger partial charge in [-0.15, -0.1) is 13.2 Å². The van der Waals surface area contributed by atoms with Crippen molar-refractivity contribution in [3.05, 3.63) is 101 Å². The Labute approximate surface area is 284 Å². The maximum absolute atomic E-state index is 13.9. The molecule has 0 amide bonds. The van der Waals surface area contributed by atoms with E-state index in [1.807, 2.05) is 36.9 Å². The van der Waals surface area contributed by atoms with Gasteiger partial charge in [0.15, 0.2) is 5.76 Å². The Balaban J connectivity index is 1.52. The summed E-state index contributed by atoms with van der Waals surface area (Å²) in [5.74, 6) is -0.677. The molecule has 1 aromatic heterocycles. The van der Waals surface area contributed by atoms with E-state index in [1.165, 1.54) is 30.5 Å². The van der Waals surface area contributed by atoms with Gasteiger partial charge in [-0.2, -0.15) is 0 Å². The smallest absolute Gasteiger partial charge is 0.461 e. The number of rotatable bonds is 10. The number of halogens is 3. The number of alkyl halides is 3. The summed E-state index contributed by atoms with van der Waals surface area (Å²) >= 11 is 0. The van der Waals surface area contributed by atoms with Gasteiger partial charge in [-0.1, -0.05) is 42.8 Å². The fourth-order valence-corrected chi connectivity index (χ4v) is 7.70. The van der Waals surface area contributed by atoms with Crippen molar-refractivity contribution in [1.29, 1.82) is 0 Å². The Kier molecular flexibility index (Phi) is 11.4. The molecule has 266 valence electrons. The standard InChI is InChI=1S/C38H46F3NO7/c1-25-5-3-16-36(2)33(31-14-10-27(19-28(44)11-7-25)20-32(31)35(46)34-6-4-18-48-34)15-17-37(36,47)24-42(22-29(45)23-43)21-26-8-12-30(13-9-26)49-38(39,40)41/h4-6,8-10,12-14,18,20,28-29,33,43-45,47H,3,7,11,15-17,19,21-24H2,1-2H3. The first-order valence-corrected chi connectivity index (χ1v) is 16.8. The minimum atomic E-state index is -4.82. The molecule has 5 atom stereocenters. The Morgan fingerprint density at radius 3 is 2.55 bits per heavy atom. The number of ketones is 1. The number of furan rings is 1. The lowest BCUT2D eigenvalue weighted by Gasteiger charge is -2.46. The van der Waals surface area contributed by atoms with Crippen LogP contribution in [0.4, 0.5) is 13.2 Å². The van der Waals surface area contributed by atoms with E-state index in [4.69, 9.17) is 4.42 Å². The third kappa shape index (κ3) is 8.82. The van der Waals surface area contributed by atoms with Crippen molar-refractivity contribution in [2.75, 3.05) is 19.7 Å². The number of hydrogen-bond donors (Lipinski definition) is 4. The highest BCUT2D eigenvalue weighted by atomic mass is 19.4. The number of aliphatic hydroxyl groups excluding tert-OH is 3. The van der Waals surface area contributed by atoms with Crippen molar-refractivity contribution in [3.8, 4) is 5.75 Å². The molecule has 2 aromatic carbocycles. The molecular weight excluding hydrogens is 639 g/mol. The molecule has 1 saturated carbocycles. The first kappa shape index (κ1) is 36.8. The van der Waals surface area contributed by atoms with Gasteiger partial charge in [0.1, 0.15) is 5.75 Å². The molecule has 6 rings (SSSR count). The van der Waals surface area contributed by atoms with Crippen LogP contribution in [0, 0.1) is 5.41 Å². The van der Waals surface area contributed by atoms with Crippen LogP contribution in [0.15, 0.2) is 76.9 Å². The number of ether oxygens (including phenoxy) is 1. The van der Waals surface area contributed by atoms with E-state index < -0.39 is 36.2 Å². The van der Waals surface area contributed by atoms with Crippen LogP contribution in [0.5, 0.6) is 5.75 Å². The van der Waals surface area contributed by atoms with Gasteiger partial charge >= 0.3 is 6.36 Å². The normalized spacial score (nSPS) is 25.5. The molecule has 1 fully saturated rings. The predicted octanol–water partition coefficient (Wildman–Crippen LogP) is 6.30. The number of aliphatic hydroxyl groups is 4. The van der Waals surface area contributed by atoms with Gasteiger partial charge in [0, 0.05) is 30.6 Å². The summed E-state index contributed by atoms with van der Waals surface area (Å²) in [6.45, 7) is 3.88. The number of hydrogen-bond acceptors (Lipinski definition) is 8. The molecular formula is C38H46F3NO7. The summed E-state index contributed by atoms with van der Waals surface area (Å²) in [7, 11) is 0. The molecule has 11 heteroatoms. The van der Waals surface area contributed by atoms with Crippen molar-refractivity contribution in [1.82, 2.24) is 4.90 Å². The molecule has 3 aromatic rings. The molecule has 1 heterocycles. The summed E-state index contributed by atoms with van der Waals surface area (Å²) in [6.07, 6.45) is 0.939. The summed E-state index contributed by atoms with van der Waals surface area (Å²) in [5, 5.41) is 43.8. The molecule has 49 heavy (non-hydrogen) atoms. The Hall–Kier alpha value is -3.48. The summed E-state index contributed by atoms with van der Waals surface area (Å²) < 4.78 is 47.7. The average Bonchev–Trinajstić information content (AvgIpc) is 3.67. The fraction of sp³-hybridized carbons (Fsp3) is 0.500. The summed E-state index contributed by atoms with van der Waals surface area (Å²) in [4.78, 5) is 15.7. The number of allylic oxidation sites excluding steroid dienone is 2. The molecule has 4 N–H and O–H groups in total.